The maximum Gasteiger partial charge on any atom is 0.315 e. The first-order valence-electron chi connectivity index (χ1n) is 11.2. The Balaban J connectivity index is 1.72. The van der Waals surface area contributed by atoms with Gasteiger partial charge < -0.3 is 25.1 Å². The summed E-state index contributed by atoms with van der Waals surface area (Å²) < 4.78 is 11.9. The summed E-state index contributed by atoms with van der Waals surface area (Å²) in [6, 6.07) is 14.6. The Labute approximate surface area is 228 Å². The average Bonchev–Trinajstić information content (AvgIpc) is 3.19. The number of halogens is 2. The number of esters is 1. The first-order chi connectivity index (χ1) is 17.6. The number of hydrogen-bond acceptors (Lipinski definition) is 7. The number of amides is 1. The number of rotatable bonds is 9. The first-order valence-corrected chi connectivity index (χ1v) is 12.8. The van der Waals surface area contributed by atoms with Crippen molar-refractivity contribution in [3.05, 3.63) is 86.0 Å². The molecule has 0 aliphatic heterocycles. The average molecular weight is 631 g/mol. The van der Waals surface area contributed by atoms with Gasteiger partial charge in [0.05, 0.1) is 20.9 Å². The summed E-state index contributed by atoms with van der Waals surface area (Å²) >= 11 is 6.45. The predicted molar refractivity (Wildman–Crippen MR) is 143 cm³/mol. The molecule has 0 bridgehead atoms. The summed E-state index contributed by atoms with van der Waals surface area (Å²) in [5, 5.41) is 21.0. The number of phenolic OH excluding ortho intramolecular Hbond substituents is 2. The van der Waals surface area contributed by atoms with Crippen LogP contribution in [-0.4, -0.2) is 27.9 Å². The third kappa shape index (κ3) is 6.03. The zero-order valence-electron chi connectivity index (χ0n) is 19.3. The fourth-order valence-electron chi connectivity index (χ4n) is 3.86. The molecular weight excluding hydrogens is 610 g/mol. The van der Waals surface area contributed by atoms with Crippen LogP contribution in [0.2, 0.25) is 0 Å². The number of aryl methyl sites for hydroxylation is 1. The number of carbonyl (C=O) groups is 3. The van der Waals surface area contributed by atoms with Crippen LogP contribution in [0.1, 0.15) is 40.1 Å². The van der Waals surface area contributed by atoms with Gasteiger partial charge in [-0.25, -0.2) is 0 Å². The summed E-state index contributed by atoms with van der Waals surface area (Å²) in [7, 11) is 0. The lowest BCUT2D eigenvalue weighted by Crippen LogP contribution is -2.11. The third-order valence-electron chi connectivity index (χ3n) is 5.59. The highest BCUT2D eigenvalue weighted by molar-refractivity contribution is 9.11. The van der Waals surface area contributed by atoms with Crippen molar-refractivity contribution >= 4 is 60.5 Å². The van der Waals surface area contributed by atoms with Crippen LogP contribution in [0, 0.1) is 0 Å². The SMILES string of the molecule is NC(=O)CCCc1oc2cc(OC(=O)Cc3ccccc3)c(O)cc2c1C(=O)c1cc(Br)c(O)c(Br)c1. The lowest BCUT2D eigenvalue weighted by Gasteiger charge is -2.08. The molecule has 0 radical (unpaired) electrons. The van der Waals surface area contributed by atoms with E-state index in [2.05, 4.69) is 31.9 Å². The Morgan fingerprint density at radius 3 is 2.30 bits per heavy atom. The number of furan rings is 1. The fraction of sp³-hybridized carbons (Fsp3) is 0.148. The highest BCUT2D eigenvalue weighted by Crippen LogP contribution is 2.39. The molecule has 10 heteroatoms. The van der Waals surface area contributed by atoms with Crippen LogP contribution in [0.4, 0.5) is 0 Å². The van der Waals surface area contributed by atoms with Crippen LogP contribution in [0.25, 0.3) is 11.0 Å². The van der Waals surface area contributed by atoms with Crippen LogP contribution in [0.5, 0.6) is 17.2 Å². The van der Waals surface area contributed by atoms with Crippen molar-refractivity contribution in [2.24, 2.45) is 5.73 Å². The van der Waals surface area contributed by atoms with Crippen molar-refractivity contribution in [3.8, 4) is 17.2 Å². The van der Waals surface area contributed by atoms with Gasteiger partial charge in [-0.2, -0.15) is 0 Å². The normalized spacial score (nSPS) is 11.0. The van der Waals surface area contributed by atoms with Crippen molar-refractivity contribution in [2.75, 3.05) is 0 Å². The maximum atomic E-state index is 13.6. The zero-order chi connectivity index (χ0) is 26.7. The standard InChI is InChI=1S/C27H21Br2NO7/c28-17-10-15(11-18(29)27(17)35)26(34)25-16-12-19(31)22(37-24(33)9-14-5-2-1-3-6-14)13-21(16)36-20(25)7-4-8-23(30)32/h1-3,5-6,10-13,31,35H,4,7-9H2,(H2,30,32). The molecule has 1 heterocycles. The van der Waals surface area contributed by atoms with Crippen LogP contribution in [0.3, 0.4) is 0 Å². The molecule has 1 aromatic heterocycles. The van der Waals surface area contributed by atoms with Crippen LogP contribution < -0.4 is 10.5 Å². The summed E-state index contributed by atoms with van der Waals surface area (Å²) in [6.45, 7) is 0. The number of nitrogens with two attached hydrogens (primary N) is 1. The summed E-state index contributed by atoms with van der Waals surface area (Å²) in [5.41, 5.74) is 6.65. The Bertz CT molecular complexity index is 1490. The van der Waals surface area contributed by atoms with E-state index in [0.717, 1.165) is 5.56 Å². The van der Waals surface area contributed by atoms with Gasteiger partial charge in [-0.05, 0) is 62.0 Å². The van der Waals surface area contributed by atoms with Gasteiger partial charge in [0.1, 0.15) is 17.1 Å². The molecule has 0 saturated heterocycles. The van der Waals surface area contributed by atoms with Gasteiger partial charge in [-0.3, -0.25) is 14.4 Å². The lowest BCUT2D eigenvalue weighted by molar-refractivity contribution is -0.133. The molecule has 8 nitrogen and oxygen atoms in total. The molecule has 0 aliphatic carbocycles. The molecule has 0 unspecified atom stereocenters. The number of fused-ring (bicyclic) bond motifs is 1. The molecular formula is C27H21Br2NO7. The first kappa shape index (κ1) is 26.4. The van der Waals surface area contributed by atoms with Gasteiger partial charge in [0.2, 0.25) is 5.91 Å². The van der Waals surface area contributed by atoms with Gasteiger partial charge >= 0.3 is 5.97 Å². The van der Waals surface area contributed by atoms with E-state index in [1.54, 1.807) is 24.3 Å². The van der Waals surface area contributed by atoms with E-state index < -0.39 is 17.7 Å². The molecule has 0 aliphatic rings. The van der Waals surface area contributed by atoms with E-state index >= 15 is 0 Å². The number of carbonyl (C=O) groups excluding carboxylic acids is 3. The van der Waals surface area contributed by atoms with Crippen molar-refractivity contribution in [2.45, 2.75) is 25.7 Å². The number of benzene rings is 3. The number of primary amides is 1. The Morgan fingerprint density at radius 1 is 0.973 bits per heavy atom. The molecule has 4 rings (SSSR count). The molecule has 0 atom stereocenters. The van der Waals surface area contributed by atoms with E-state index in [-0.39, 0.29) is 59.0 Å². The second-order valence-corrected chi connectivity index (χ2v) is 10.00. The largest absolute Gasteiger partial charge is 0.506 e. The Kier molecular flexibility index (Phi) is 7.99. The number of aromatic hydroxyl groups is 2. The zero-order valence-corrected chi connectivity index (χ0v) is 22.5. The fourth-order valence-corrected chi connectivity index (χ4v) is 5.04. The summed E-state index contributed by atoms with van der Waals surface area (Å²) in [4.78, 5) is 37.3. The van der Waals surface area contributed by atoms with E-state index in [1.165, 1.54) is 24.3 Å². The minimum absolute atomic E-state index is 0.00316. The number of ether oxygens (including phenoxy) is 1. The molecule has 37 heavy (non-hydrogen) atoms. The van der Waals surface area contributed by atoms with Crippen LogP contribution >= 0.6 is 31.9 Å². The van der Waals surface area contributed by atoms with Crippen molar-refractivity contribution < 1.29 is 33.8 Å². The molecule has 0 spiro atoms. The minimum Gasteiger partial charge on any atom is -0.506 e. The summed E-state index contributed by atoms with van der Waals surface area (Å²) in [5.74, 6) is -1.73. The number of hydrogen-bond donors (Lipinski definition) is 3. The Hall–Kier alpha value is -3.63. The predicted octanol–water partition coefficient (Wildman–Crippen LogP) is 5.56. The van der Waals surface area contributed by atoms with Crippen LogP contribution in [0.15, 0.2) is 68.0 Å². The van der Waals surface area contributed by atoms with Crippen molar-refractivity contribution in [1.82, 2.24) is 0 Å². The van der Waals surface area contributed by atoms with E-state index in [9.17, 15) is 24.6 Å². The second-order valence-electron chi connectivity index (χ2n) is 8.29. The maximum absolute atomic E-state index is 13.6. The van der Waals surface area contributed by atoms with Crippen molar-refractivity contribution in [3.63, 3.8) is 0 Å². The third-order valence-corrected chi connectivity index (χ3v) is 6.80. The van der Waals surface area contributed by atoms with Gasteiger partial charge in [0, 0.05) is 29.9 Å². The van der Waals surface area contributed by atoms with Crippen molar-refractivity contribution in [1.29, 1.82) is 0 Å². The molecule has 3 aromatic carbocycles. The topological polar surface area (TPSA) is 140 Å². The van der Waals surface area contributed by atoms with E-state index in [4.69, 9.17) is 14.9 Å². The van der Waals surface area contributed by atoms with Gasteiger partial charge in [0.25, 0.3) is 0 Å². The van der Waals surface area contributed by atoms with E-state index in [0.29, 0.717) is 20.8 Å². The number of ketones is 1. The van der Waals surface area contributed by atoms with E-state index in [1.807, 2.05) is 6.07 Å². The second kappa shape index (κ2) is 11.2. The lowest BCUT2D eigenvalue weighted by atomic mass is 9.98. The smallest absolute Gasteiger partial charge is 0.315 e. The van der Waals surface area contributed by atoms with Gasteiger partial charge in [0.15, 0.2) is 17.3 Å². The molecule has 190 valence electrons. The molecule has 0 saturated carbocycles. The molecule has 1 amide bonds. The van der Waals surface area contributed by atoms with Gasteiger partial charge in [-0.1, -0.05) is 30.3 Å². The minimum atomic E-state index is -0.579. The highest BCUT2D eigenvalue weighted by atomic mass is 79.9. The Morgan fingerprint density at radius 2 is 1.65 bits per heavy atom. The monoisotopic (exact) mass is 629 g/mol. The highest BCUT2D eigenvalue weighted by Gasteiger charge is 2.25. The molecule has 4 N–H and O–H groups in total. The van der Waals surface area contributed by atoms with Gasteiger partial charge in [-0.15, -0.1) is 0 Å². The number of phenols is 2. The van der Waals surface area contributed by atoms with Crippen LogP contribution in [-0.2, 0) is 22.4 Å². The quantitative estimate of drug-likeness (QED) is 0.125. The molecule has 0 fully saturated rings. The summed E-state index contributed by atoms with van der Waals surface area (Å²) in [6.07, 6.45) is 0.657. The molecule has 4 aromatic rings.